The second-order valence-electron chi connectivity index (χ2n) is 5.79. The van der Waals surface area contributed by atoms with Crippen molar-refractivity contribution in [2.45, 2.75) is 34.5 Å². The lowest BCUT2D eigenvalue weighted by Crippen LogP contribution is -2.49. The van der Waals surface area contributed by atoms with Crippen molar-refractivity contribution in [3.8, 4) is 0 Å². The minimum Gasteiger partial charge on any atom is -0.318 e. The van der Waals surface area contributed by atoms with E-state index in [0.717, 1.165) is 15.1 Å². The van der Waals surface area contributed by atoms with Gasteiger partial charge in [-0.15, -0.1) is 10.2 Å². The molecule has 0 bridgehead atoms. The van der Waals surface area contributed by atoms with Crippen molar-refractivity contribution in [3.63, 3.8) is 0 Å². The van der Waals surface area contributed by atoms with Crippen molar-refractivity contribution < 1.29 is 14.4 Å². The van der Waals surface area contributed by atoms with Gasteiger partial charge in [-0.25, -0.2) is 4.79 Å². The first kappa shape index (κ1) is 20.6. The molecule has 1 unspecified atom stereocenters. The lowest BCUT2D eigenvalue weighted by Gasteiger charge is -2.25. The number of benzene rings is 1. The molecule has 1 aromatic heterocycles. The molecule has 1 fully saturated rings. The number of hydrogen-bond donors (Lipinski definition) is 2. The molecule has 0 saturated carbocycles. The van der Waals surface area contributed by atoms with Crippen LogP contribution in [0.1, 0.15) is 25.8 Å². The summed E-state index contributed by atoms with van der Waals surface area (Å²) in [4.78, 5) is 37.6. The summed E-state index contributed by atoms with van der Waals surface area (Å²) in [6.45, 7) is 3.84. The van der Waals surface area contributed by atoms with Gasteiger partial charge in [0.05, 0.1) is 5.75 Å². The average molecular weight is 438 g/mol. The van der Waals surface area contributed by atoms with Crippen LogP contribution in [0.15, 0.2) is 39.0 Å². The minimum atomic E-state index is -1.18. The molecule has 8 nitrogen and oxygen atoms in total. The van der Waals surface area contributed by atoms with E-state index in [1.165, 1.54) is 23.1 Å². The highest BCUT2D eigenvalue weighted by Crippen LogP contribution is 2.32. The van der Waals surface area contributed by atoms with E-state index in [1.807, 2.05) is 19.9 Å². The summed E-state index contributed by atoms with van der Waals surface area (Å²) in [5.74, 6) is -0.0464. The van der Waals surface area contributed by atoms with E-state index < -0.39 is 23.4 Å². The molecule has 28 heavy (non-hydrogen) atoms. The van der Waals surface area contributed by atoms with Gasteiger partial charge in [0.2, 0.25) is 5.91 Å². The molecule has 1 aromatic carbocycles. The monoisotopic (exact) mass is 437 g/mol. The van der Waals surface area contributed by atoms with E-state index >= 15 is 0 Å². The van der Waals surface area contributed by atoms with Gasteiger partial charge in [-0.2, -0.15) is 5.01 Å². The van der Waals surface area contributed by atoms with E-state index in [0.29, 0.717) is 16.3 Å². The molecule has 1 saturated heterocycles. The second-order valence-corrected chi connectivity index (χ2v) is 9.50. The summed E-state index contributed by atoms with van der Waals surface area (Å²) in [6, 6.07) is 8.36. The van der Waals surface area contributed by atoms with E-state index in [4.69, 9.17) is 0 Å². The van der Waals surface area contributed by atoms with Crippen molar-refractivity contribution >= 4 is 52.7 Å². The molecular formula is C17H19N5O3S3. The van der Waals surface area contributed by atoms with Crippen molar-refractivity contribution in [3.05, 3.63) is 35.9 Å². The standard InChI is InChI=1S/C17H19N5O3S3/c1-3-17(11-8-6-5-7-9-11)13(24)22(14(25)18-17)21-12(23)10-27-16-20-19-15(28-16)26-4-2/h5-9H,3-4,10H2,1-2H3,(H,18,25)(H,21,23). The Balaban J connectivity index is 1.64. The third-order valence-electron chi connectivity index (χ3n) is 4.11. The van der Waals surface area contributed by atoms with Crippen LogP contribution in [0.4, 0.5) is 4.79 Å². The highest BCUT2D eigenvalue weighted by Gasteiger charge is 2.52. The smallest absolute Gasteiger partial charge is 0.318 e. The van der Waals surface area contributed by atoms with Crippen molar-refractivity contribution in [1.29, 1.82) is 0 Å². The number of hydrogen-bond acceptors (Lipinski definition) is 8. The Labute approximate surface area is 174 Å². The molecule has 0 aliphatic carbocycles. The SMILES string of the molecule is CCSc1nnc(SCC(=O)NN2C(=O)NC(CC)(c3ccccc3)C2=O)s1. The number of thioether (sulfide) groups is 2. The predicted molar refractivity (Wildman–Crippen MR) is 109 cm³/mol. The van der Waals surface area contributed by atoms with Gasteiger partial charge in [0, 0.05) is 0 Å². The number of imide groups is 1. The Kier molecular flexibility index (Phi) is 6.57. The predicted octanol–water partition coefficient (Wildman–Crippen LogP) is 2.63. The molecular weight excluding hydrogens is 418 g/mol. The maximum absolute atomic E-state index is 13.0. The number of rotatable bonds is 8. The molecule has 2 heterocycles. The molecule has 2 aromatic rings. The molecule has 1 aliphatic rings. The molecule has 2 N–H and O–H groups in total. The summed E-state index contributed by atoms with van der Waals surface area (Å²) in [5, 5.41) is 11.5. The van der Waals surface area contributed by atoms with E-state index in [2.05, 4.69) is 20.9 Å². The minimum absolute atomic E-state index is 0.0208. The van der Waals surface area contributed by atoms with Crippen LogP contribution in [0.5, 0.6) is 0 Å². The first-order chi connectivity index (χ1) is 13.5. The first-order valence-electron chi connectivity index (χ1n) is 8.61. The van der Waals surface area contributed by atoms with E-state index in [9.17, 15) is 14.4 Å². The highest BCUT2D eigenvalue weighted by molar-refractivity contribution is 8.03. The number of nitrogens with zero attached hydrogens (tertiary/aromatic N) is 3. The zero-order chi connectivity index (χ0) is 20.1. The molecule has 1 atom stereocenters. The molecule has 1 aliphatic heterocycles. The Bertz CT molecular complexity index is 876. The third-order valence-corrected chi connectivity index (χ3v) is 7.18. The summed E-state index contributed by atoms with van der Waals surface area (Å²) in [7, 11) is 0. The molecule has 148 valence electrons. The van der Waals surface area contributed by atoms with Crippen molar-refractivity contribution in [1.82, 2.24) is 25.9 Å². The number of aromatic nitrogens is 2. The van der Waals surface area contributed by atoms with Gasteiger partial charge >= 0.3 is 6.03 Å². The molecule has 4 amide bonds. The summed E-state index contributed by atoms with van der Waals surface area (Å²) < 4.78 is 1.51. The van der Waals surface area contributed by atoms with Crippen molar-refractivity contribution in [2.75, 3.05) is 11.5 Å². The van der Waals surface area contributed by atoms with Gasteiger partial charge in [-0.1, -0.05) is 79.0 Å². The highest BCUT2D eigenvalue weighted by atomic mass is 32.2. The Morgan fingerprint density at radius 3 is 2.50 bits per heavy atom. The fraction of sp³-hybridized carbons (Fsp3) is 0.353. The zero-order valence-electron chi connectivity index (χ0n) is 15.3. The largest absolute Gasteiger partial charge is 0.344 e. The van der Waals surface area contributed by atoms with Gasteiger partial charge < -0.3 is 5.32 Å². The Morgan fingerprint density at radius 2 is 1.86 bits per heavy atom. The number of nitrogens with one attached hydrogen (secondary N) is 2. The fourth-order valence-corrected chi connectivity index (χ4v) is 5.47. The van der Waals surface area contributed by atoms with Crippen LogP contribution in [-0.4, -0.2) is 44.6 Å². The van der Waals surface area contributed by atoms with Crippen LogP contribution in [0.25, 0.3) is 0 Å². The number of urea groups is 1. The molecule has 11 heteroatoms. The number of carbonyl (C=O) groups excluding carboxylic acids is 3. The van der Waals surface area contributed by atoms with Crippen LogP contribution >= 0.6 is 34.9 Å². The Hall–Kier alpha value is -2.11. The van der Waals surface area contributed by atoms with Crippen LogP contribution in [0.3, 0.4) is 0 Å². The molecule has 0 radical (unpaired) electrons. The average Bonchev–Trinajstić information content (AvgIpc) is 3.25. The number of hydrazine groups is 1. The number of carbonyl (C=O) groups is 3. The first-order valence-corrected chi connectivity index (χ1v) is 11.4. The van der Waals surface area contributed by atoms with Gasteiger partial charge in [-0.05, 0) is 17.7 Å². The molecule has 0 spiro atoms. The fourth-order valence-electron chi connectivity index (χ4n) is 2.76. The quantitative estimate of drug-likeness (QED) is 0.483. The lowest BCUT2D eigenvalue weighted by atomic mass is 9.87. The maximum atomic E-state index is 13.0. The zero-order valence-corrected chi connectivity index (χ0v) is 17.7. The lowest BCUT2D eigenvalue weighted by molar-refractivity contribution is -0.138. The van der Waals surface area contributed by atoms with Gasteiger partial charge in [0.1, 0.15) is 5.54 Å². The van der Waals surface area contributed by atoms with Crippen molar-refractivity contribution in [2.24, 2.45) is 0 Å². The topological polar surface area (TPSA) is 104 Å². The molecule has 3 rings (SSSR count). The number of amides is 4. The van der Waals surface area contributed by atoms with Crippen LogP contribution < -0.4 is 10.7 Å². The van der Waals surface area contributed by atoms with E-state index in [-0.39, 0.29) is 5.75 Å². The van der Waals surface area contributed by atoms with Gasteiger partial charge in [-0.3, -0.25) is 15.0 Å². The van der Waals surface area contributed by atoms with Crippen LogP contribution in [0.2, 0.25) is 0 Å². The Morgan fingerprint density at radius 1 is 1.18 bits per heavy atom. The second kappa shape index (κ2) is 8.93. The third kappa shape index (κ3) is 4.15. The normalized spacial score (nSPS) is 19.0. The summed E-state index contributed by atoms with van der Waals surface area (Å²) >= 11 is 4.20. The van der Waals surface area contributed by atoms with E-state index in [1.54, 1.807) is 36.0 Å². The summed E-state index contributed by atoms with van der Waals surface area (Å²) in [6.07, 6.45) is 0.366. The van der Waals surface area contributed by atoms with Gasteiger partial charge in [0.15, 0.2) is 8.68 Å². The van der Waals surface area contributed by atoms with Crippen LogP contribution in [-0.2, 0) is 15.1 Å². The summed E-state index contributed by atoms with van der Waals surface area (Å²) in [5.41, 5.74) is 1.90. The maximum Gasteiger partial charge on any atom is 0.344 e. The van der Waals surface area contributed by atoms with Gasteiger partial charge in [0.25, 0.3) is 5.91 Å². The van der Waals surface area contributed by atoms with Crippen LogP contribution in [0, 0.1) is 0 Å².